The number of benzene rings is 2. The van der Waals surface area contributed by atoms with E-state index in [0.29, 0.717) is 18.7 Å². The number of nitrogens with zero attached hydrogens (tertiary/aromatic N) is 3. The molecule has 0 amide bonds. The maximum absolute atomic E-state index is 11.4. The summed E-state index contributed by atoms with van der Waals surface area (Å²) in [5, 5.41) is 8.44. The van der Waals surface area contributed by atoms with Crippen LogP contribution in [0.3, 0.4) is 0 Å². The third-order valence-corrected chi connectivity index (χ3v) is 3.58. The number of esters is 1. The molecular weight excluding hydrogens is 314 g/mol. The highest BCUT2D eigenvalue weighted by atomic mass is 16.5. The lowest BCUT2D eigenvalue weighted by Crippen LogP contribution is -2.28. The number of likely N-dealkylation sites (N-methyl/N-ethyl adjacent to an activating group) is 1. The zero-order valence-electron chi connectivity index (χ0n) is 14.7. The van der Waals surface area contributed by atoms with E-state index in [9.17, 15) is 4.79 Å². The SMILES string of the molecule is C=C(C)C(=O)OCCN(CC)c1ccc(N=Nc2ccccc2)cc1. The van der Waals surface area contributed by atoms with Crippen LogP contribution in [0.4, 0.5) is 17.1 Å². The fourth-order valence-electron chi connectivity index (χ4n) is 2.18. The van der Waals surface area contributed by atoms with Crippen molar-refractivity contribution in [3.8, 4) is 0 Å². The number of carbonyl (C=O) groups excluding carboxylic acids is 1. The summed E-state index contributed by atoms with van der Waals surface area (Å²) in [6, 6.07) is 17.4. The summed E-state index contributed by atoms with van der Waals surface area (Å²) < 4.78 is 5.15. The number of ether oxygens (including phenoxy) is 1. The maximum Gasteiger partial charge on any atom is 0.333 e. The Bertz CT molecular complexity index is 724. The van der Waals surface area contributed by atoms with E-state index in [1.54, 1.807) is 6.92 Å². The van der Waals surface area contributed by atoms with Crippen molar-refractivity contribution >= 4 is 23.0 Å². The first-order chi connectivity index (χ1) is 12.1. The van der Waals surface area contributed by atoms with Gasteiger partial charge in [0.05, 0.1) is 17.9 Å². The molecule has 130 valence electrons. The van der Waals surface area contributed by atoms with Gasteiger partial charge in [0, 0.05) is 17.8 Å². The quantitative estimate of drug-likeness (QED) is 0.385. The second-order valence-corrected chi connectivity index (χ2v) is 5.55. The van der Waals surface area contributed by atoms with Gasteiger partial charge in [-0.1, -0.05) is 24.8 Å². The van der Waals surface area contributed by atoms with E-state index in [1.165, 1.54) is 0 Å². The Kier molecular flexibility index (Phi) is 6.89. The molecule has 0 saturated carbocycles. The molecule has 0 fully saturated rings. The third-order valence-electron chi connectivity index (χ3n) is 3.58. The Morgan fingerprint density at radius 2 is 1.64 bits per heavy atom. The van der Waals surface area contributed by atoms with Crippen LogP contribution in [0, 0.1) is 0 Å². The van der Waals surface area contributed by atoms with Gasteiger partial charge in [-0.15, -0.1) is 0 Å². The predicted octanol–water partition coefficient (Wildman–Crippen LogP) is 5.05. The van der Waals surface area contributed by atoms with Crippen LogP contribution in [-0.4, -0.2) is 25.7 Å². The molecule has 0 aliphatic rings. The lowest BCUT2D eigenvalue weighted by molar-refractivity contribution is -0.138. The number of azo groups is 1. The van der Waals surface area contributed by atoms with Gasteiger partial charge in [0.1, 0.15) is 6.61 Å². The summed E-state index contributed by atoms with van der Waals surface area (Å²) in [4.78, 5) is 13.5. The minimum atomic E-state index is -0.354. The van der Waals surface area contributed by atoms with Gasteiger partial charge in [-0.3, -0.25) is 0 Å². The van der Waals surface area contributed by atoms with E-state index in [4.69, 9.17) is 4.74 Å². The second-order valence-electron chi connectivity index (χ2n) is 5.55. The lowest BCUT2D eigenvalue weighted by Gasteiger charge is -2.22. The van der Waals surface area contributed by atoms with Crippen LogP contribution in [0.15, 0.2) is 77.0 Å². The normalized spacial score (nSPS) is 10.6. The number of hydrogen-bond donors (Lipinski definition) is 0. The summed E-state index contributed by atoms with van der Waals surface area (Å²) in [5.41, 5.74) is 3.07. The van der Waals surface area contributed by atoms with Crippen LogP contribution < -0.4 is 4.90 Å². The second kappa shape index (κ2) is 9.37. The molecule has 0 heterocycles. The van der Waals surface area contributed by atoms with Crippen molar-refractivity contribution in [1.29, 1.82) is 0 Å². The van der Waals surface area contributed by atoms with Gasteiger partial charge in [-0.2, -0.15) is 10.2 Å². The molecule has 0 N–H and O–H groups in total. The minimum Gasteiger partial charge on any atom is -0.460 e. The molecule has 2 rings (SSSR count). The Morgan fingerprint density at radius 1 is 1.04 bits per heavy atom. The van der Waals surface area contributed by atoms with Crippen LogP contribution in [0.2, 0.25) is 0 Å². The average Bonchev–Trinajstić information content (AvgIpc) is 2.64. The average molecular weight is 337 g/mol. The summed E-state index contributed by atoms with van der Waals surface area (Å²) in [7, 11) is 0. The predicted molar refractivity (Wildman–Crippen MR) is 101 cm³/mol. The zero-order valence-corrected chi connectivity index (χ0v) is 14.7. The third kappa shape index (κ3) is 5.88. The largest absolute Gasteiger partial charge is 0.460 e. The van der Waals surface area contributed by atoms with Gasteiger partial charge in [0.15, 0.2) is 0 Å². The van der Waals surface area contributed by atoms with Crippen molar-refractivity contribution in [2.24, 2.45) is 10.2 Å². The molecule has 0 bridgehead atoms. The fourth-order valence-corrected chi connectivity index (χ4v) is 2.18. The topological polar surface area (TPSA) is 54.3 Å². The number of carbonyl (C=O) groups is 1. The number of anilines is 1. The fraction of sp³-hybridized carbons (Fsp3) is 0.250. The molecule has 0 aromatic heterocycles. The molecule has 2 aromatic rings. The van der Waals surface area contributed by atoms with E-state index in [1.807, 2.05) is 54.6 Å². The molecule has 5 heteroatoms. The maximum atomic E-state index is 11.4. The van der Waals surface area contributed by atoms with E-state index >= 15 is 0 Å². The molecule has 25 heavy (non-hydrogen) atoms. The molecule has 5 nitrogen and oxygen atoms in total. The molecule has 0 saturated heterocycles. The van der Waals surface area contributed by atoms with Crippen LogP contribution >= 0.6 is 0 Å². The van der Waals surface area contributed by atoms with Gasteiger partial charge < -0.3 is 9.64 Å². The lowest BCUT2D eigenvalue weighted by atomic mass is 10.2. The van der Waals surface area contributed by atoms with E-state index < -0.39 is 0 Å². The van der Waals surface area contributed by atoms with Crippen molar-refractivity contribution in [1.82, 2.24) is 0 Å². The van der Waals surface area contributed by atoms with Crippen molar-refractivity contribution in [3.63, 3.8) is 0 Å². The molecular formula is C20H23N3O2. The van der Waals surface area contributed by atoms with Crippen LogP contribution in [0.1, 0.15) is 13.8 Å². The monoisotopic (exact) mass is 337 g/mol. The van der Waals surface area contributed by atoms with Crippen LogP contribution in [0.5, 0.6) is 0 Å². The first-order valence-corrected chi connectivity index (χ1v) is 8.24. The number of hydrogen-bond acceptors (Lipinski definition) is 5. The summed E-state index contributed by atoms with van der Waals surface area (Å²) in [6.45, 7) is 9.04. The van der Waals surface area contributed by atoms with E-state index in [2.05, 4.69) is 28.6 Å². The summed E-state index contributed by atoms with van der Waals surface area (Å²) in [6.07, 6.45) is 0. The van der Waals surface area contributed by atoms with Crippen LogP contribution in [0.25, 0.3) is 0 Å². The van der Waals surface area contributed by atoms with Gasteiger partial charge in [-0.25, -0.2) is 4.79 Å². The Hall–Kier alpha value is -2.95. The minimum absolute atomic E-state index is 0.328. The van der Waals surface area contributed by atoms with Gasteiger partial charge in [0.2, 0.25) is 0 Å². The molecule has 0 aliphatic carbocycles. The van der Waals surface area contributed by atoms with Crippen LogP contribution in [-0.2, 0) is 9.53 Å². The summed E-state index contributed by atoms with van der Waals surface area (Å²) in [5.74, 6) is -0.354. The van der Waals surface area contributed by atoms with Crippen molar-refractivity contribution in [2.45, 2.75) is 13.8 Å². The smallest absolute Gasteiger partial charge is 0.333 e. The zero-order chi connectivity index (χ0) is 18.1. The van der Waals surface area contributed by atoms with Crippen molar-refractivity contribution in [2.75, 3.05) is 24.6 Å². The van der Waals surface area contributed by atoms with E-state index in [-0.39, 0.29) is 5.97 Å². The first-order valence-electron chi connectivity index (χ1n) is 8.24. The van der Waals surface area contributed by atoms with Gasteiger partial charge in [0.25, 0.3) is 0 Å². The highest BCUT2D eigenvalue weighted by Crippen LogP contribution is 2.22. The molecule has 0 spiro atoms. The molecule has 0 unspecified atom stereocenters. The highest BCUT2D eigenvalue weighted by Gasteiger charge is 2.07. The molecule has 2 aromatic carbocycles. The van der Waals surface area contributed by atoms with Gasteiger partial charge in [-0.05, 0) is 50.2 Å². The first kappa shape index (κ1) is 18.4. The molecule has 0 aliphatic heterocycles. The van der Waals surface area contributed by atoms with Crippen molar-refractivity contribution in [3.05, 3.63) is 66.7 Å². The highest BCUT2D eigenvalue weighted by molar-refractivity contribution is 5.86. The van der Waals surface area contributed by atoms with Crippen molar-refractivity contribution < 1.29 is 9.53 Å². The Morgan fingerprint density at radius 3 is 2.20 bits per heavy atom. The Balaban J connectivity index is 1.93. The number of rotatable bonds is 8. The van der Waals surface area contributed by atoms with E-state index in [0.717, 1.165) is 23.6 Å². The standard InChI is InChI=1S/C20H23N3O2/c1-4-23(14-15-25-20(24)16(2)3)19-12-10-18(11-13-19)22-21-17-8-6-5-7-9-17/h5-13H,2,4,14-15H2,1,3H3. The molecule has 0 radical (unpaired) electrons. The van der Waals surface area contributed by atoms with Gasteiger partial charge >= 0.3 is 5.97 Å². The summed E-state index contributed by atoms with van der Waals surface area (Å²) >= 11 is 0. The molecule has 0 atom stereocenters. The Labute approximate surface area is 148 Å².